The monoisotopic (exact) mass is 273 g/mol. The van der Waals surface area contributed by atoms with Gasteiger partial charge in [-0.3, -0.25) is 0 Å². The van der Waals surface area contributed by atoms with E-state index < -0.39 is 0 Å². The third-order valence-electron chi connectivity index (χ3n) is 5.40. The van der Waals surface area contributed by atoms with Crippen LogP contribution in [0.4, 0.5) is 0 Å². The largest absolute Gasteiger partial charge is 0.464 e. The van der Waals surface area contributed by atoms with Crippen LogP contribution < -0.4 is 5.73 Å². The summed E-state index contributed by atoms with van der Waals surface area (Å²) in [6.45, 7) is 8.52. The molecular weight excluding hydrogens is 248 g/mol. The predicted molar refractivity (Wildman–Crippen MR) is 76.0 cm³/mol. The zero-order chi connectivity index (χ0) is 12.5. The van der Waals surface area contributed by atoms with Crippen molar-refractivity contribution < 1.29 is 9.31 Å². The van der Waals surface area contributed by atoms with Gasteiger partial charge in [0.15, 0.2) is 0 Å². The zero-order valence-corrected chi connectivity index (χ0v) is 12.7. The highest BCUT2D eigenvalue weighted by Gasteiger charge is 2.67. The van der Waals surface area contributed by atoms with Crippen LogP contribution in [0.25, 0.3) is 0 Å². The molecule has 2 N–H and O–H groups in total. The Balaban J connectivity index is 0.00000120. The third-order valence-corrected chi connectivity index (χ3v) is 5.40. The summed E-state index contributed by atoms with van der Waals surface area (Å²) in [6, 6.07) is 0.356. The van der Waals surface area contributed by atoms with Crippen molar-refractivity contribution in [3.05, 3.63) is 0 Å². The highest BCUT2D eigenvalue weighted by Crippen LogP contribution is 2.66. The highest BCUT2D eigenvalue weighted by atomic mass is 35.5. The van der Waals surface area contributed by atoms with Crippen molar-refractivity contribution in [2.24, 2.45) is 11.7 Å². The molecule has 3 nitrogen and oxygen atoms in total. The summed E-state index contributed by atoms with van der Waals surface area (Å²) in [5.74, 6) is 0.789. The van der Waals surface area contributed by atoms with E-state index >= 15 is 0 Å². The minimum absolute atomic E-state index is 0. The molecule has 18 heavy (non-hydrogen) atoms. The van der Waals surface area contributed by atoms with Crippen molar-refractivity contribution in [2.75, 3.05) is 0 Å². The molecule has 0 aromatic rings. The van der Waals surface area contributed by atoms with E-state index in [1.165, 1.54) is 12.8 Å². The maximum atomic E-state index is 6.24. The number of nitrogens with two attached hydrogens (primary N) is 1. The third kappa shape index (κ3) is 1.93. The lowest BCUT2D eigenvalue weighted by Crippen LogP contribution is -2.52. The molecule has 0 unspecified atom stereocenters. The van der Waals surface area contributed by atoms with Crippen molar-refractivity contribution in [3.8, 4) is 0 Å². The molecule has 1 aliphatic heterocycles. The topological polar surface area (TPSA) is 44.5 Å². The molecule has 2 aliphatic carbocycles. The van der Waals surface area contributed by atoms with Crippen LogP contribution in [-0.4, -0.2) is 24.4 Å². The number of rotatable bonds is 2. The number of hydrogen-bond donors (Lipinski definition) is 1. The molecule has 0 radical (unpaired) electrons. The van der Waals surface area contributed by atoms with Gasteiger partial charge < -0.3 is 15.0 Å². The van der Waals surface area contributed by atoms with E-state index in [0.717, 1.165) is 18.8 Å². The Morgan fingerprint density at radius 2 is 1.44 bits per heavy atom. The molecule has 0 aromatic carbocycles. The second-order valence-electron chi connectivity index (χ2n) is 7.26. The summed E-state index contributed by atoms with van der Waals surface area (Å²) in [4.78, 5) is 0. The molecule has 0 atom stereocenters. The van der Waals surface area contributed by atoms with Crippen LogP contribution >= 0.6 is 12.4 Å². The Labute approximate surface area is 117 Å². The van der Waals surface area contributed by atoms with Crippen LogP contribution in [0.3, 0.4) is 0 Å². The quantitative estimate of drug-likeness (QED) is 0.787. The van der Waals surface area contributed by atoms with Gasteiger partial charge in [-0.05, 0) is 46.5 Å². The zero-order valence-electron chi connectivity index (χ0n) is 11.9. The van der Waals surface area contributed by atoms with Crippen LogP contribution in [0.15, 0.2) is 0 Å². The van der Waals surface area contributed by atoms with Gasteiger partial charge in [0.2, 0.25) is 0 Å². The van der Waals surface area contributed by atoms with Gasteiger partial charge in [-0.25, -0.2) is 0 Å². The fourth-order valence-corrected chi connectivity index (χ4v) is 3.37. The summed E-state index contributed by atoms with van der Waals surface area (Å²) >= 11 is 0. The van der Waals surface area contributed by atoms with E-state index in [4.69, 9.17) is 15.0 Å². The smallest absolute Gasteiger partial charge is 0.403 e. The Kier molecular flexibility index (Phi) is 3.34. The Hall–Kier alpha value is 0.235. The van der Waals surface area contributed by atoms with E-state index in [0.29, 0.717) is 6.04 Å². The van der Waals surface area contributed by atoms with Gasteiger partial charge in [0.1, 0.15) is 0 Å². The molecular formula is C13H25BClNO2. The van der Waals surface area contributed by atoms with Crippen molar-refractivity contribution in [2.45, 2.75) is 75.9 Å². The first kappa shape index (κ1) is 14.6. The maximum absolute atomic E-state index is 6.24. The van der Waals surface area contributed by atoms with Crippen LogP contribution in [0.2, 0.25) is 5.31 Å². The summed E-state index contributed by atoms with van der Waals surface area (Å²) in [7, 11) is -0.0419. The fourth-order valence-electron chi connectivity index (χ4n) is 3.37. The average Bonchev–Trinajstić information content (AvgIpc) is 2.90. The highest BCUT2D eigenvalue weighted by molar-refractivity contribution is 6.50. The predicted octanol–water partition coefficient (Wildman–Crippen LogP) is 2.77. The lowest BCUT2D eigenvalue weighted by Gasteiger charge is -2.47. The molecule has 0 amide bonds. The van der Waals surface area contributed by atoms with E-state index in [2.05, 4.69) is 27.7 Å². The van der Waals surface area contributed by atoms with Gasteiger partial charge in [-0.1, -0.05) is 12.8 Å². The Morgan fingerprint density at radius 1 is 1.00 bits per heavy atom. The molecule has 0 bridgehead atoms. The van der Waals surface area contributed by atoms with Crippen LogP contribution in [0, 0.1) is 5.92 Å². The van der Waals surface area contributed by atoms with Gasteiger partial charge in [-0.15, -0.1) is 12.4 Å². The molecule has 104 valence electrons. The molecule has 2 saturated carbocycles. The van der Waals surface area contributed by atoms with Gasteiger partial charge in [0.05, 0.1) is 11.2 Å². The van der Waals surface area contributed by atoms with E-state index in [1.807, 2.05) is 0 Å². The standard InChI is InChI=1S/C13H24BNO2.ClH/c1-11(2)12(3,4)17-14(16-11)13(9-5-6-9)7-10(15)8-13;/h9-10H,5-8,15H2,1-4H3;1H. The first-order valence-electron chi connectivity index (χ1n) is 6.88. The maximum Gasteiger partial charge on any atom is 0.464 e. The fraction of sp³-hybridized carbons (Fsp3) is 1.00. The molecule has 0 aromatic heterocycles. The van der Waals surface area contributed by atoms with Crippen LogP contribution in [0.5, 0.6) is 0 Å². The van der Waals surface area contributed by atoms with Gasteiger partial charge in [0, 0.05) is 11.4 Å². The normalized spacial score (nSPS) is 41.2. The summed E-state index contributed by atoms with van der Waals surface area (Å²) in [6.07, 6.45) is 4.82. The second-order valence-corrected chi connectivity index (χ2v) is 7.26. The Bertz CT molecular complexity index is 322. The minimum Gasteiger partial charge on any atom is -0.403 e. The first-order chi connectivity index (χ1) is 7.77. The van der Waals surface area contributed by atoms with E-state index in [9.17, 15) is 0 Å². The van der Waals surface area contributed by atoms with Crippen molar-refractivity contribution >= 4 is 19.5 Å². The van der Waals surface area contributed by atoms with Gasteiger partial charge in [-0.2, -0.15) is 0 Å². The van der Waals surface area contributed by atoms with Crippen molar-refractivity contribution in [1.82, 2.24) is 0 Å². The molecule has 0 spiro atoms. The van der Waals surface area contributed by atoms with Crippen molar-refractivity contribution in [3.63, 3.8) is 0 Å². The molecule has 1 heterocycles. The molecule has 3 fully saturated rings. The van der Waals surface area contributed by atoms with E-state index in [1.54, 1.807) is 0 Å². The Morgan fingerprint density at radius 3 is 1.78 bits per heavy atom. The minimum atomic E-state index is -0.209. The molecule has 3 rings (SSSR count). The van der Waals surface area contributed by atoms with Crippen LogP contribution in [0.1, 0.15) is 53.4 Å². The van der Waals surface area contributed by atoms with Crippen LogP contribution in [-0.2, 0) is 9.31 Å². The molecule has 5 heteroatoms. The molecule has 1 saturated heterocycles. The first-order valence-corrected chi connectivity index (χ1v) is 6.88. The summed E-state index contributed by atoms with van der Waals surface area (Å²) < 4.78 is 12.5. The lowest BCUT2D eigenvalue weighted by atomic mass is 9.43. The summed E-state index contributed by atoms with van der Waals surface area (Å²) in [5, 5.41) is 0.227. The van der Waals surface area contributed by atoms with Gasteiger partial charge in [0.25, 0.3) is 0 Å². The lowest BCUT2D eigenvalue weighted by molar-refractivity contribution is 0.00578. The van der Waals surface area contributed by atoms with Gasteiger partial charge >= 0.3 is 7.12 Å². The summed E-state index contributed by atoms with van der Waals surface area (Å²) in [5.41, 5.74) is 5.59. The SMILES string of the molecule is CC1(C)OB(C2(C3CC3)CC(N)C2)OC1(C)C.Cl. The van der Waals surface area contributed by atoms with E-state index in [-0.39, 0.29) is 36.0 Å². The number of halogens is 1. The van der Waals surface area contributed by atoms with Crippen molar-refractivity contribution in [1.29, 1.82) is 0 Å². The second kappa shape index (κ2) is 4.11. The molecule has 3 aliphatic rings. The average molecular weight is 274 g/mol. The number of hydrogen-bond acceptors (Lipinski definition) is 3.